The van der Waals surface area contributed by atoms with Crippen LogP contribution in [0.25, 0.3) is 0 Å². The monoisotopic (exact) mass is 377 g/mol. The molecule has 6 nitrogen and oxygen atoms in total. The van der Waals surface area contributed by atoms with Gasteiger partial charge in [0, 0.05) is 0 Å². The van der Waals surface area contributed by atoms with Crippen molar-refractivity contribution in [2.75, 3.05) is 0 Å². The van der Waals surface area contributed by atoms with Crippen molar-refractivity contribution < 1.29 is 27.1 Å². The minimum Gasteiger partial charge on any atom is -0.475 e. The summed E-state index contributed by atoms with van der Waals surface area (Å²) in [6.45, 7) is -0.243. The van der Waals surface area contributed by atoms with E-state index in [-0.39, 0.29) is 27.4 Å². The lowest BCUT2D eigenvalue weighted by Crippen LogP contribution is -2.23. The first-order valence-electron chi connectivity index (χ1n) is 5.56. The van der Waals surface area contributed by atoms with Gasteiger partial charge in [-0.1, -0.05) is 0 Å². The van der Waals surface area contributed by atoms with E-state index < -0.39 is 21.8 Å². The number of carboxylic acid groups (broad SMARTS) is 1. The number of nitrogens with one attached hydrogen (secondary N) is 1. The Kier molecular flexibility index (Phi) is 4.45. The second-order valence-electron chi connectivity index (χ2n) is 3.97. The summed E-state index contributed by atoms with van der Waals surface area (Å²) in [5, 5.41) is 8.68. The van der Waals surface area contributed by atoms with Crippen LogP contribution >= 0.6 is 15.9 Å². The zero-order valence-corrected chi connectivity index (χ0v) is 12.7. The zero-order valence-electron chi connectivity index (χ0n) is 10.3. The summed E-state index contributed by atoms with van der Waals surface area (Å²) in [6, 6.07) is 5.94. The molecule has 0 aliphatic heterocycles. The lowest BCUT2D eigenvalue weighted by atomic mass is 10.3. The standard InChI is InChI=1S/C12H9BrFNO5S/c13-9-3-2-8(5-10(9)14)21(18,19)15-6-7-1-4-11(20-7)12(16)17/h1-5,15H,6H2,(H,16,17). The molecule has 0 saturated heterocycles. The van der Waals surface area contributed by atoms with Gasteiger partial charge in [-0.05, 0) is 46.3 Å². The Morgan fingerprint density at radius 3 is 2.62 bits per heavy atom. The molecule has 21 heavy (non-hydrogen) atoms. The third-order valence-corrected chi connectivity index (χ3v) is 4.55. The molecule has 1 aromatic carbocycles. The molecule has 0 amide bonds. The van der Waals surface area contributed by atoms with Gasteiger partial charge in [0.1, 0.15) is 11.6 Å². The molecule has 9 heteroatoms. The van der Waals surface area contributed by atoms with Gasteiger partial charge in [0.25, 0.3) is 0 Å². The number of carbonyl (C=O) groups is 1. The highest BCUT2D eigenvalue weighted by molar-refractivity contribution is 9.10. The van der Waals surface area contributed by atoms with E-state index in [4.69, 9.17) is 9.52 Å². The van der Waals surface area contributed by atoms with Gasteiger partial charge < -0.3 is 9.52 Å². The maximum absolute atomic E-state index is 13.3. The van der Waals surface area contributed by atoms with Gasteiger partial charge in [-0.3, -0.25) is 0 Å². The number of rotatable bonds is 5. The lowest BCUT2D eigenvalue weighted by Gasteiger charge is -2.06. The quantitative estimate of drug-likeness (QED) is 0.833. The molecule has 2 rings (SSSR count). The molecule has 0 saturated carbocycles. The topological polar surface area (TPSA) is 96.6 Å². The largest absolute Gasteiger partial charge is 0.475 e. The second-order valence-corrected chi connectivity index (χ2v) is 6.59. The lowest BCUT2D eigenvalue weighted by molar-refractivity contribution is 0.0660. The maximum Gasteiger partial charge on any atom is 0.371 e. The number of hydrogen-bond donors (Lipinski definition) is 2. The molecular weight excluding hydrogens is 369 g/mol. The maximum atomic E-state index is 13.3. The van der Waals surface area contributed by atoms with Gasteiger partial charge in [0.05, 0.1) is 15.9 Å². The van der Waals surface area contributed by atoms with Crippen molar-refractivity contribution in [1.29, 1.82) is 0 Å². The number of furan rings is 1. The fraction of sp³-hybridized carbons (Fsp3) is 0.0833. The average Bonchev–Trinajstić information content (AvgIpc) is 2.89. The predicted octanol–water partition coefficient (Wildman–Crippen LogP) is 2.36. The summed E-state index contributed by atoms with van der Waals surface area (Å²) >= 11 is 2.93. The van der Waals surface area contributed by atoms with Gasteiger partial charge in [0.2, 0.25) is 15.8 Å². The Morgan fingerprint density at radius 2 is 2.05 bits per heavy atom. The Morgan fingerprint density at radius 1 is 1.33 bits per heavy atom. The molecule has 0 aliphatic carbocycles. The van der Waals surface area contributed by atoms with Crippen molar-refractivity contribution in [1.82, 2.24) is 4.72 Å². The first-order valence-corrected chi connectivity index (χ1v) is 7.84. The summed E-state index contributed by atoms with van der Waals surface area (Å²) in [7, 11) is -3.93. The van der Waals surface area contributed by atoms with Crippen LogP contribution in [0.4, 0.5) is 4.39 Å². The van der Waals surface area contributed by atoms with Crippen LogP contribution in [0.2, 0.25) is 0 Å². The van der Waals surface area contributed by atoms with Crippen LogP contribution in [0.1, 0.15) is 16.3 Å². The number of hydrogen-bond acceptors (Lipinski definition) is 4. The molecular formula is C12H9BrFNO5S. The van der Waals surface area contributed by atoms with Crippen molar-refractivity contribution >= 4 is 31.9 Å². The van der Waals surface area contributed by atoms with Crippen molar-refractivity contribution in [3.05, 3.63) is 52.1 Å². The van der Waals surface area contributed by atoms with Gasteiger partial charge >= 0.3 is 5.97 Å². The van der Waals surface area contributed by atoms with E-state index in [1.807, 2.05) is 0 Å². The molecule has 1 heterocycles. The van der Waals surface area contributed by atoms with Crippen molar-refractivity contribution in [3.63, 3.8) is 0 Å². The highest BCUT2D eigenvalue weighted by atomic mass is 79.9. The summed E-state index contributed by atoms with van der Waals surface area (Å²) in [6.07, 6.45) is 0. The summed E-state index contributed by atoms with van der Waals surface area (Å²) in [5.41, 5.74) is 0. The predicted molar refractivity (Wildman–Crippen MR) is 73.8 cm³/mol. The Hall–Kier alpha value is -1.71. The molecule has 0 bridgehead atoms. The minimum absolute atomic E-state index is 0.133. The molecule has 0 aliphatic rings. The normalized spacial score (nSPS) is 11.5. The van der Waals surface area contributed by atoms with Crippen molar-refractivity contribution in [3.8, 4) is 0 Å². The molecule has 1 aromatic heterocycles. The zero-order chi connectivity index (χ0) is 15.6. The molecule has 2 aromatic rings. The van der Waals surface area contributed by atoms with E-state index in [0.717, 1.165) is 6.07 Å². The summed E-state index contributed by atoms with van der Waals surface area (Å²) in [5.74, 6) is -2.12. The van der Waals surface area contributed by atoms with E-state index in [9.17, 15) is 17.6 Å². The molecule has 0 fully saturated rings. The smallest absolute Gasteiger partial charge is 0.371 e. The molecule has 2 N–H and O–H groups in total. The van der Waals surface area contributed by atoms with E-state index in [0.29, 0.717) is 0 Å². The van der Waals surface area contributed by atoms with Crippen LogP contribution < -0.4 is 4.72 Å². The first-order chi connectivity index (χ1) is 9.79. The van der Waals surface area contributed by atoms with Crippen LogP contribution in [0.15, 0.2) is 44.1 Å². The van der Waals surface area contributed by atoms with E-state index in [1.54, 1.807) is 0 Å². The summed E-state index contributed by atoms with van der Waals surface area (Å²) in [4.78, 5) is 10.4. The highest BCUT2D eigenvalue weighted by Crippen LogP contribution is 2.19. The highest BCUT2D eigenvalue weighted by Gasteiger charge is 2.17. The number of halogens is 2. The number of sulfonamides is 1. The van der Waals surface area contributed by atoms with Gasteiger partial charge in [-0.2, -0.15) is 0 Å². The van der Waals surface area contributed by atoms with Gasteiger partial charge in [-0.15, -0.1) is 0 Å². The third kappa shape index (κ3) is 3.69. The number of aromatic carboxylic acids is 1. The molecule has 0 atom stereocenters. The van der Waals surface area contributed by atoms with E-state index in [2.05, 4.69) is 20.7 Å². The minimum atomic E-state index is -3.93. The summed E-state index contributed by atoms with van der Waals surface area (Å²) < 4.78 is 44.5. The Labute approximate surface area is 127 Å². The molecule has 0 radical (unpaired) electrons. The number of carboxylic acids is 1. The van der Waals surface area contributed by atoms with Crippen LogP contribution in [-0.2, 0) is 16.6 Å². The molecule has 0 spiro atoms. The van der Waals surface area contributed by atoms with Gasteiger partial charge in [0.15, 0.2) is 0 Å². The van der Waals surface area contributed by atoms with Crippen molar-refractivity contribution in [2.24, 2.45) is 0 Å². The van der Waals surface area contributed by atoms with Crippen LogP contribution in [-0.4, -0.2) is 19.5 Å². The van der Waals surface area contributed by atoms with Gasteiger partial charge in [-0.25, -0.2) is 22.3 Å². The van der Waals surface area contributed by atoms with Crippen LogP contribution in [0.5, 0.6) is 0 Å². The fourth-order valence-corrected chi connectivity index (χ4v) is 2.73. The van der Waals surface area contributed by atoms with E-state index in [1.165, 1.54) is 24.3 Å². The van der Waals surface area contributed by atoms with Crippen molar-refractivity contribution in [2.45, 2.75) is 11.4 Å². The number of benzene rings is 1. The third-order valence-electron chi connectivity index (χ3n) is 2.51. The van der Waals surface area contributed by atoms with Crippen LogP contribution in [0, 0.1) is 5.82 Å². The SMILES string of the molecule is O=C(O)c1ccc(CNS(=O)(=O)c2ccc(Br)c(F)c2)o1. The average molecular weight is 378 g/mol. The fourth-order valence-electron chi connectivity index (χ4n) is 1.48. The Bertz CT molecular complexity index is 787. The second kappa shape index (κ2) is 5.96. The Balaban J connectivity index is 2.13. The first kappa shape index (κ1) is 15.7. The van der Waals surface area contributed by atoms with Crippen LogP contribution in [0.3, 0.4) is 0 Å². The molecule has 0 unspecified atom stereocenters. The van der Waals surface area contributed by atoms with E-state index >= 15 is 0 Å². The molecule has 112 valence electrons.